The molecule has 0 aromatic rings. The van der Waals surface area contributed by atoms with Crippen LogP contribution in [0.15, 0.2) is 0 Å². The summed E-state index contributed by atoms with van der Waals surface area (Å²) in [6.07, 6.45) is 0. The maximum absolute atomic E-state index is 13.6. The Bertz CT molecular complexity index is 337. The first-order valence-electron chi connectivity index (χ1n) is 3.90. The monoisotopic (exact) mass is 550 g/mol. The molecule has 0 aliphatic rings. The highest BCUT2D eigenvalue weighted by Crippen LogP contribution is 2.64. The minimum atomic E-state index is -6.27. The van der Waals surface area contributed by atoms with Gasteiger partial charge in [-0.2, -0.15) is 26.3 Å². The molecule has 3 atom stereocenters. The average molecular weight is 554 g/mol. The van der Waals surface area contributed by atoms with E-state index >= 15 is 0 Å². The molecule has 0 heterocycles. The lowest BCUT2D eigenvalue weighted by molar-refractivity contribution is -0.263. The molecule has 0 nitrogen and oxygen atoms in total. The summed E-state index contributed by atoms with van der Waals surface area (Å²) in [4.78, 5) is 0. The summed E-state index contributed by atoms with van der Waals surface area (Å²) in [5, 5.41) is -5.53. The normalized spacial score (nSPS) is 23.7. The van der Waals surface area contributed by atoms with Crippen molar-refractivity contribution in [3.63, 3.8) is 0 Å². The van der Waals surface area contributed by atoms with Crippen LogP contribution >= 0.6 is 71.0 Å². The Morgan fingerprint density at radius 1 is 0.550 bits per heavy atom. The first kappa shape index (κ1) is 21.4. The Hall–Kier alpha value is 1.39. The van der Waals surface area contributed by atoms with Crippen LogP contribution in [-0.4, -0.2) is 30.4 Å². The Morgan fingerprint density at radius 3 is 1.05 bits per heavy atom. The van der Waals surface area contributed by atoms with Crippen molar-refractivity contribution in [1.82, 2.24) is 0 Å². The second-order valence-corrected chi connectivity index (χ2v) is 8.02. The summed E-state index contributed by atoms with van der Waals surface area (Å²) in [5.74, 6) is -12.2. The first-order chi connectivity index (χ1) is 8.25. The van der Waals surface area contributed by atoms with Crippen LogP contribution in [0.1, 0.15) is 0 Å². The van der Waals surface area contributed by atoms with Gasteiger partial charge < -0.3 is 0 Å². The van der Waals surface area contributed by atoms with Crippen molar-refractivity contribution in [3.05, 3.63) is 0 Å². The van der Waals surface area contributed by atoms with E-state index in [-0.39, 0.29) is 0 Å². The van der Waals surface area contributed by atoms with Crippen LogP contribution in [0.4, 0.5) is 39.5 Å². The summed E-state index contributed by atoms with van der Waals surface area (Å²) in [7, 11) is 0. The van der Waals surface area contributed by atoms with Gasteiger partial charge in [-0.15, -0.1) is 0 Å². The molecule has 0 saturated carbocycles. The first-order valence-corrected chi connectivity index (χ1v) is 7.03. The van der Waals surface area contributed by atoms with Crippen LogP contribution < -0.4 is 0 Å². The van der Waals surface area contributed by atoms with Crippen molar-refractivity contribution in [2.24, 2.45) is 0 Å². The Morgan fingerprint density at radius 2 is 0.850 bits per heavy atom. The van der Waals surface area contributed by atoms with Gasteiger partial charge >= 0.3 is 25.8 Å². The molecule has 0 aromatic heterocycles. The van der Waals surface area contributed by atoms with E-state index in [9.17, 15) is 39.5 Å². The molecule has 0 aromatic carbocycles. The van der Waals surface area contributed by atoms with Crippen molar-refractivity contribution in [2.45, 2.75) is 30.4 Å². The largest absolute Gasteiger partial charge is 0.371 e. The van der Waals surface area contributed by atoms with Crippen LogP contribution in [0.2, 0.25) is 0 Å². The third-order valence-electron chi connectivity index (χ3n) is 1.90. The van der Waals surface area contributed by atoms with Crippen molar-refractivity contribution in [1.29, 1.82) is 0 Å². The van der Waals surface area contributed by atoms with Gasteiger partial charge in [-0.25, -0.2) is 13.2 Å². The average Bonchev–Trinajstić information content (AvgIpc) is 2.12. The fraction of sp³-hybridized carbons (Fsp3) is 1.00. The zero-order valence-electron chi connectivity index (χ0n) is 8.29. The molecular formula is C6Br3Cl2F9. The minimum absolute atomic E-state index is 1.01. The predicted octanol–water partition coefficient (Wildman–Crippen LogP) is 6.47. The predicted molar refractivity (Wildman–Crippen MR) is 64.8 cm³/mol. The smallest absolute Gasteiger partial charge is 0.217 e. The maximum Gasteiger partial charge on any atom is 0.371 e. The van der Waals surface area contributed by atoms with E-state index in [1.54, 1.807) is 0 Å². The van der Waals surface area contributed by atoms with Gasteiger partial charge in [0.25, 0.3) is 4.58 Å². The molecule has 122 valence electrons. The highest BCUT2D eigenvalue weighted by molar-refractivity contribution is 9.11. The molecular weight excluding hydrogens is 554 g/mol. The summed E-state index contributed by atoms with van der Waals surface area (Å²) in [5.41, 5.74) is 0. The van der Waals surface area contributed by atoms with E-state index in [1.807, 2.05) is 0 Å². The van der Waals surface area contributed by atoms with Crippen molar-refractivity contribution >= 4 is 71.0 Å². The summed E-state index contributed by atoms with van der Waals surface area (Å²) >= 11 is 11.7. The lowest BCUT2D eigenvalue weighted by Gasteiger charge is -2.42. The number of rotatable bonds is 5. The van der Waals surface area contributed by atoms with Crippen LogP contribution in [0.5, 0.6) is 0 Å². The van der Waals surface area contributed by atoms with E-state index in [4.69, 9.17) is 0 Å². The molecule has 20 heavy (non-hydrogen) atoms. The SMILES string of the molecule is FC(F)(Cl)C(F)(Br)C(F)(F)C(F)(Br)C(F)(F)C(F)(Cl)Br. The van der Waals surface area contributed by atoms with Gasteiger partial charge in [0.15, 0.2) is 0 Å². The zero-order chi connectivity index (χ0) is 17.0. The van der Waals surface area contributed by atoms with E-state index in [0.717, 1.165) is 31.9 Å². The van der Waals surface area contributed by atoms with Gasteiger partial charge in [0.05, 0.1) is 0 Å². The van der Waals surface area contributed by atoms with E-state index in [2.05, 4.69) is 23.2 Å². The van der Waals surface area contributed by atoms with Crippen molar-refractivity contribution < 1.29 is 39.5 Å². The molecule has 0 radical (unpaired) electrons. The van der Waals surface area contributed by atoms with Gasteiger partial charge in [-0.1, -0.05) is 11.6 Å². The molecule has 14 heteroatoms. The number of alkyl halides is 14. The standard InChI is InChI=1S/C6Br3Cl2F9/c7-1(12,4(16,17)5(9,10)18)3(14,15)2(8,13)6(11,19)20. The molecule has 0 rings (SSSR count). The second kappa shape index (κ2) is 5.48. The van der Waals surface area contributed by atoms with Gasteiger partial charge in [-0.3, -0.25) is 0 Å². The van der Waals surface area contributed by atoms with Gasteiger partial charge in [0, 0.05) is 0 Å². The maximum atomic E-state index is 13.6. The topological polar surface area (TPSA) is 0 Å². The number of halogens is 14. The molecule has 0 amide bonds. The van der Waals surface area contributed by atoms with Crippen LogP contribution in [-0.2, 0) is 0 Å². The van der Waals surface area contributed by atoms with Crippen LogP contribution in [0.3, 0.4) is 0 Å². The molecule has 0 saturated heterocycles. The zero-order valence-corrected chi connectivity index (χ0v) is 14.6. The summed E-state index contributed by atoms with van der Waals surface area (Å²) < 4.78 is 102. The van der Waals surface area contributed by atoms with E-state index < -0.39 is 30.4 Å². The fourth-order valence-corrected chi connectivity index (χ4v) is 2.74. The van der Waals surface area contributed by atoms with Crippen LogP contribution in [0.25, 0.3) is 0 Å². The van der Waals surface area contributed by atoms with Gasteiger partial charge in [0.1, 0.15) is 0 Å². The quantitative estimate of drug-likeness (QED) is 0.271. The number of hydrogen-bond donors (Lipinski definition) is 0. The molecule has 0 aliphatic heterocycles. The molecule has 0 aliphatic carbocycles. The van der Waals surface area contributed by atoms with Gasteiger partial charge in [-0.05, 0) is 59.4 Å². The van der Waals surface area contributed by atoms with E-state index in [0.29, 0.717) is 0 Å². The Kier molecular flexibility index (Phi) is 5.86. The second-order valence-electron chi connectivity index (χ2n) is 3.29. The molecule has 3 unspecified atom stereocenters. The Balaban J connectivity index is 6.08. The van der Waals surface area contributed by atoms with Crippen molar-refractivity contribution in [2.75, 3.05) is 0 Å². The third kappa shape index (κ3) is 3.05. The minimum Gasteiger partial charge on any atom is -0.217 e. The van der Waals surface area contributed by atoms with Crippen LogP contribution in [0, 0.1) is 0 Å². The van der Waals surface area contributed by atoms with Gasteiger partial charge in [0.2, 0.25) is 0 Å². The molecule has 0 spiro atoms. The third-order valence-corrected chi connectivity index (χ3v) is 5.11. The Labute approximate surface area is 140 Å². The summed E-state index contributed by atoms with van der Waals surface area (Å²) in [6.45, 7) is 0. The lowest BCUT2D eigenvalue weighted by Crippen LogP contribution is -2.67. The highest BCUT2D eigenvalue weighted by atomic mass is 79.9. The number of hydrogen-bond acceptors (Lipinski definition) is 0. The van der Waals surface area contributed by atoms with E-state index in [1.165, 1.54) is 15.9 Å². The molecule has 0 bridgehead atoms. The highest BCUT2D eigenvalue weighted by Gasteiger charge is 2.85. The molecule has 0 N–H and O–H groups in total. The fourth-order valence-electron chi connectivity index (χ4n) is 0.750. The van der Waals surface area contributed by atoms with Crippen molar-refractivity contribution in [3.8, 4) is 0 Å². The lowest BCUT2D eigenvalue weighted by atomic mass is 10.0. The summed E-state index contributed by atoms with van der Waals surface area (Å²) in [6, 6.07) is 0. The molecule has 0 fully saturated rings.